The highest BCUT2D eigenvalue weighted by Gasteiger charge is 1.98. The molecule has 0 bridgehead atoms. The number of amidine groups is 1. The smallest absolute Gasteiger partial charge is 0.123 e. The monoisotopic (exact) mass is 230 g/mol. The Morgan fingerprint density at radius 3 is 2.59 bits per heavy atom. The second kappa shape index (κ2) is 4.84. The predicted octanol–water partition coefficient (Wildman–Crippen LogP) is 2.88. The summed E-state index contributed by atoms with van der Waals surface area (Å²) in [4.78, 5) is 4.19. The molecule has 4 nitrogen and oxygen atoms in total. The molecule has 0 saturated carbocycles. The Morgan fingerprint density at radius 2 is 1.88 bits per heavy atom. The van der Waals surface area contributed by atoms with Gasteiger partial charge in [0.05, 0.1) is 12.8 Å². The Balaban J connectivity index is 2.45. The number of hydroxylamine groups is 1. The average Bonchev–Trinajstić information content (AvgIpc) is 2.38. The van der Waals surface area contributed by atoms with Crippen molar-refractivity contribution in [3.63, 3.8) is 0 Å². The van der Waals surface area contributed by atoms with Crippen molar-refractivity contribution in [3.05, 3.63) is 36.4 Å². The molecule has 0 atom stereocenters. The van der Waals surface area contributed by atoms with Gasteiger partial charge in [-0.1, -0.05) is 12.1 Å². The summed E-state index contributed by atoms with van der Waals surface area (Å²) in [6.07, 6.45) is 0. The van der Waals surface area contributed by atoms with Gasteiger partial charge in [0.2, 0.25) is 0 Å². The lowest BCUT2D eigenvalue weighted by Gasteiger charge is -2.04. The molecule has 4 heteroatoms. The summed E-state index contributed by atoms with van der Waals surface area (Å²) in [6.45, 7) is 1.69. The van der Waals surface area contributed by atoms with Crippen LogP contribution >= 0.6 is 0 Å². The van der Waals surface area contributed by atoms with Crippen molar-refractivity contribution >= 4 is 22.3 Å². The van der Waals surface area contributed by atoms with Crippen molar-refractivity contribution in [2.75, 3.05) is 7.11 Å². The van der Waals surface area contributed by atoms with Crippen molar-refractivity contribution in [2.24, 2.45) is 4.99 Å². The zero-order valence-corrected chi connectivity index (χ0v) is 9.77. The number of benzene rings is 2. The Hall–Kier alpha value is -2.07. The maximum Gasteiger partial charge on any atom is 0.123 e. The molecule has 0 aromatic heterocycles. The third-order valence-corrected chi connectivity index (χ3v) is 2.49. The van der Waals surface area contributed by atoms with E-state index in [0.29, 0.717) is 5.84 Å². The topological polar surface area (TPSA) is 53.8 Å². The SMILES string of the molecule is COc1ccc2cc(N=C(C)NO)ccc2c1. The molecule has 0 aliphatic carbocycles. The Labute approximate surface area is 99.5 Å². The molecule has 17 heavy (non-hydrogen) atoms. The molecule has 2 N–H and O–H groups in total. The van der Waals surface area contributed by atoms with E-state index in [1.807, 2.05) is 41.9 Å². The third-order valence-electron chi connectivity index (χ3n) is 2.49. The second-order valence-corrected chi connectivity index (χ2v) is 3.71. The number of nitrogens with zero attached hydrogens (tertiary/aromatic N) is 1. The number of aliphatic imine (C=N–C) groups is 1. The molecular formula is C13H14N2O2. The molecule has 0 heterocycles. The van der Waals surface area contributed by atoms with Crippen molar-refractivity contribution in [1.29, 1.82) is 0 Å². The zero-order valence-electron chi connectivity index (χ0n) is 9.77. The first-order valence-electron chi connectivity index (χ1n) is 5.26. The molecule has 0 spiro atoms. The van der Waals surface area contributed by atoms with Crippen LogP contribution in [0.3, 0.4) is 0 Å². The number of hydrogen-bond acceptors (Lipinski definition) is 3. The number of fused-ring (bicyclic) bond motifs is 1. The van der Waals surface area contributed by atoms with Gasteiger partial charge in [-0.15, -0.1) is 0 Å². The minimum absolute atomic E-state index is 0.456. The molecule has 2 aromatic rings. The van der Waals surface area contributed by atoms with Crippen LogP contribution < -0.4 is 10.2 Å². The van der Waals surface area contributed by atoms with Crippen LogP contribution in [-0.2, 0) is 0 Å². The fourth-order valence-corrected chi connectivity index (χ4v) is 1.63. The van der Waals surface area contributed by atoms with Crippen LogP contribution in [0.4, 0.5) is 5.69 Å². The zero-order chi connectivity index (χ0) is 12.3. The van der Waals surface area contributed by atoms with Crippen LogP contribution in [0.5, 0.6) is 5.75 Å². The van der Waals surface area contributed by atoms with Crippen molar-refractivity contribution < 1.29 is 9.94 Å². The molecule has 0 unspecified atom stereocenters. The van der Waals surface area contributed by atoms with Crippen molar-refractivity contribution in [1.82, 2.24) is 5.48 Å². The van der Waals surface area contributed by atoms with E-state index in [-0.39, 0.29) is 0 Å². The maximum atomic E-state index is 8.68. The van der Waals surface area contributed by atoms with Crippen LogP contribution in [0.1, 0.15) is 6.92 Å². The van der Waals surface area contributed by atoms with E-state index in [2.05, 4.69) is 4.99 Å². The van der Waals surface area contributed by atoms with Crippen LogP contribution in [0.25, 0.3) is 10.8 Å². The first kappa shape index (κ1) is 11.4. The quantitative estimate of drug-likeness (QED) is 0.474. The van der Waals surface area contributed by atoms with Crippen LogP contribution in [0.2, 0.25) is 0 Å². The number of hydrogen-bond donors (Lipinski definition) is 2. The van der Waals surface area contributed by atoms with Crippen LogP contribution in [-0.4, -0.2) is 18.2 Å². The minimum atomic E-state index is 0.456. The molecule has 88 valence electrons. The van der Waals surface area contributed by atoms with Gasteiger partial charge in [0.15, 0.2) is 0 Å². The van der Waals surface area contributed by atoms with E-state index in [1.54, 1.807) is 14.0 Å². The Bertz CT molecular complexity index is 564. The standard InChI is InChI=1S/C13H14N2O2/c1-9(15-16)14-12-5-3-11-8-13(17-2)6-4-10(11)7-12/h3-8,16H,1-2H3,(H,14,15). The van der Waals surface area contributed by atoms with Gasteiger partial charge in [-0.2, -0.15) is 0 Å². The van der Waals surface area contributed by atoms with Crippen LogP contribution in [0.15, 0.2) is 41.4 Å². The molecule has 0 fully saturated rings. The lowest BCUT2D eigenvalue weighted by molar-refractivity contribution is 0.234. The molecule has 0 saturated heterocycles. The first-order valence-corrected chi connectivity index (χ1v) is 5.26. The number of rotatable bonds is 2. The minimum Gasteiger partial charge on any atom is -0.497 e. The van der Waals surface area contributed by atoms with Gasteiger partial charge in [0, 0.05) is 0 Å². The second-order valence-electron chi connectivity index (χ2n) is 3.71. The van der Waals surface area contributed by atoms with E-state index in [4.69, 9.17) is 9.94 Å². The normalized spacial score (nSPS) is 11.6. The molecule has 0 radical (unpaired) electrons. The molecule has 0 aliphatic heterocycles. The summed E-state index contributed by atoms with van der Waals surface area (Å²) in [5.74, 6) is 1.29. The summed E-state index contributed by atoms with van der Waals surface area (Å²) in [6, 6.07) is 11.7. The van der Waals surface area contributed by atoms with E-state index in [0.717, 1.165) is 22.2 Å². The molecule has 0 aliphatic rings. The number of methoxy groups -OCH3 is 1. The van der Waals surface area contributed by atoms with Gasteiger partial charge in [-0.25, -0.2) is 4.99 Å². The van der Waals surface area contributed by atoms with Gasteiger partial charge >= 0.3 is 0 Å². The van der Waals surface area contributed by atoms with Gasteiger partial charge < -0.3 is 4.74 Å². The summed E-state index contributed by atoms with van der Waals surface area (Å²) in [7, 11) is 1.65. The van der Waals surface area contributed by atoms with Gasteiger partial charge in [0.25, 0.3) is 0 Å². The fourth-order valence-electron chi connectivity index (χ4n) is 1.63. The number of ether oxygens (including phenoxy) is 1. The predicted molar refractivity (Wildman–Crippen MR) is 68.2 cm³/mol. The van der Waals surface area contributed by atoms with Crippen LogP contribution in [0, 0.1) is 0 Å². The lowest BCUT2D eigenvalue weighted by atomic mass is 10.1. The van der Waals surface area contributed by atoms with E-state index >= 15 is 0 Å². The van der Waals surface area contributed by atoms with Crippen molar-refractivity contribution in [2.45, 2.75) is 6.92 Å². The highest BCUT2D eigenvalue weighted by Crippen LogP contribution is 2.24. The van der Waals surface area contributed by atoms with E-state index in [1.165, 1.54) is 0 Å². The Kier molecular flexibility index (Phi) is 3.25. The molecular weight excluding hydrogens is 216 g/mol. The van der Waals surface area contributed by atoms with E-state index in [9.17, 15) is 0 Å². The van der Waals surface area contributed by atoms with Gasteiger partial charge in [-0.05, 0) is 42.0 Å². The lowest BCUT2D eigenvalue weighted by Crippen LogP contribution is -2.13. The summed E-state index contributed by atoms with van der Waals surface area (Å²) >= 11 is 0. The van der Waals surface area contributed by atoms with Gasteiger partial charge in [-0.3, -0.25) is 10.7 Å². The summed E-state index contributed by atoms with van der Waals surface area (Å²) < 4.78 is 5.16. The Morgan fingerprint density at radius 1 is 1.18 bits per heavy atom. The van der Waals surface area contributed by atoms with Gasteiger partial charge in [0.1, 0.15) is 11.6 Å². The highest BCUT2D eigenvalue weighted by atomic mass is 16.5. The third kappa shape index (κ3) is 2.54. The molecule has 2 rings (SSSR count). The van der Waals surface area contributed by atoms with E-state index < -0.39 is 0 Å². The molecule has 2 aromatic carbocycles. The number of nitrogens with one attached hydrogen (secondary N) is 1. The maximum absolute atomic E-state index is 8.68. The average molecular weight is 230 g/mol. The largest absolute Gasteiger partial charge is 0.497 e. The van der Waals surface area contributed by atoms with Crippen molar-refractivity contribution in [3.8, 4) is 5.75 Å². The highest BCUT2D eigenvalue weighted by molar-refractivity contribution is 5.88. The molecule has 0 amide bonds. The summed E-state index contributed by atoms with van der Waals surface area (Å²) in [5, 5.41) is 10.9. The fraction of sp³-hybridized carbons (Fsp3) is 0.154. The first-order chi connectivity index (χ1) is 8.22. The summed E-state index contributed by atoms with van der Waals surface area (Å²) in [5.41, 5.74) is 2.80.